The monoisotopic (exact) mass is 298 g/mol. The van der Waals surface area contributed by atoms with Crippen LogP contribution in [0.25, 0.3) is 0 Å². The van der Waals surface area contributed by atoms with Crippen LogP contribution in [0.4, 0.5) is 0 Å². The van der Waals surface area contributed by atoms with Gasteiger partial charge in [0.25, 0.3) is 10.0 Å². The smallest absolute Gasteiger partial charge is 0.260 e. The lowest BCUT2D eigenvalue weighted by molar-refractivity contribution is 0.574. The molecule has 0 aliphatic carbocycles. The van der Waals surface area contributed by atoms with Gasteiger partial charge in [-0.1, -0.05) is 0 Å². The highest BCUT2D eigenvalue weighted by Crippen LogP contribution is 2.15. The van der Waals surface area contributed by atoms with Crippen molar-refractivity contribution < 1.29 is 8.42 Å². The van der Waals surface area contributed by atoms with Gasteiger partial charge in [0, 0.05) is 49.7 Å². The van der Waals surface area contributed by atoms with Gasteiger partial charge >= 0.3 is 0 Å². The molecule has 0 unspecified atom stereocenters. The van der Waals surface area contributed by atoms with Crippen molar-refractivity contribution in [2.24, 2.45) is 12.8 Å². The van der Waals surface area contributed by atoms with Crippen molar-refractivity contribution in [3.63, 3.8) is 0 Å². The third-order valence-electron chi connectivity index (χ3n) is 3.09. The molecular formula is C11H18N6O2S. The van der Waals surface area contributed by atoms with E-state index < -0.39 is 10.0 Å². The number of nitrogens with two attached hydrogens (primary N) is 1. The molecule has 8 nitrogen and oxygen atoms in total. The number of H-pyrrole nitrogens is 1. The summed E-state index contributed by atoms with van der Waals surface area (Å²) in [6.45, 7) is 2.14. The number of sulfonamides is 1. The van der Waals surface area contributed by atoms with Gasteiger partial charge in [0.2, 0.25) is 0 Å². The Hall–Kier alpha value is -1.71. The van der Waals surface area contributed by atoms with Crippen LogP contribution in [0, 0.1) is 6.92 Å². The van der Waals surface area contributed by atoms with Crippen molar-refractivity contribution in [3.05, 3.63) is 29.2 Å². The minimum Gasteiger partial charge on any atom is -0.326 e. The summed E-state index contributed by atoms with van der Waals surface area (Å²) in [5.74, 6) is 0. The Morgan fingerprint density at radius 1 is 1.50 bits per heavy atom. The van der Waals surface area contributed by atoms with E-state index in [-0.39, 0.29) is 18.1 Å². The van der Waals surface area contributed by atoms with Gasteiger partial charge in [0.1, 0.15) is 0 Å². The third-order valence-corrected chi connectivity index (χ3v) is 4.52. The molecule has 0 aromatic carbocycles. The van der Waals surface area contributed by atoms with Crippen LogP contribution < -0.4 is 10.5 Å². The fourth-order valence-corrected chi connectivity index (χ4v) is 3.16. The molecule has 0 aliphatic rings. The van der Waals surface area contributed by atoms with E-state index in [9.17, 15) is 8.42 Å². The first-order valence-electron chi connectivity index (χ1n) is 6.16. The van der Waals surface area contributed by atoms with Crippen LogP contribution in [0.5, 0.6) is 0 Å². The molecule has 0 saturated heterocycles. The molecule has 0 atom stereocenters. The lowest BCUT2D eigenvalue weighted by atomic mass is 10.3. The maximum Gasteiger partial charge on any atom is 0.260 e. The van der Waals surface area contributed by atoms with E-state index in [1.54, 1.807) is 17.8 Å². The predicted octanol–water partition coefficient (Wildman–Crippen LogP) is -0.569. The Morgan fingerprint density at radius 3 is 2.85 bits per heavy atom. The summed E-state index contributed by atoms with van der Waals surface area (Å²) < 4.78 is 28.6. The highest BCUT2D eigenvalue weighted by Gasteiger charge is 2.22. The van der Waals surface area contributed by atoms with Gasteiger partial charge in [0.05, 0.1) is 0 Å². The van der Waals surface area contributed by atoms with Crippen molar-refractivity contribution in [3.8, 4) is 0 Å². The van der Waals surface area contributed by atoms with Crippen molar-refractivity contribution in [2.75, 3.05) is 6.54 Å². The van der Waals surface area contributed by atoms with Crippen LogP contribution in [0.1, 0.15) is 17.0 Å². The van der Waals surface area contributed by atoms with Crippen LogP contribution in [-0.4, -0.2) is 34.9 Å². The van der Waals surface area contributed by atoms with E-state index in [0.29, 0.717) is 17.7 Å². The normalized spacial score (nSPS) is 11.9. The number of aromatic amines is 1. The summed E-state index contributed by atoms with van der Waals surface area (Å²) >= 11 is 0. The number of nitrogens with one attached hydrogen (secondary N) is 2. The van der Waals surface area contributed by atoms with Gasteiger partial charge in [0.15, 0.2) is 5.03 Å². The molecule has 0 fully saturated rings. The standard InChI is InChI=1S/C11H18N6O2S/c1-8-10(7-12)11(16-15-8)20(18,19)14-6-4-9-3-5-13-17(9)2/h3,5,14H,4,6-7,12H2,1-2H3,(H,15,16). The molecule has 0 spiro atoms. The van der Waals surface area contributed by atoms with Crippen molar-refractivity contribution in [2.45, 2.75) is 24.9 Å². The molecule has 2 rings (SSSR count). The van der Waals surface area contributed by atoms with Crippen LogP contribution in [0.3, 0.4) is 0 Å². The van der Waals surface area contributed by atoms with E-state index in [1.165, 1.54) is 0 Å². The van der Waals surface area contributed by atoms with Crippen molar-refractivity contribution in [1.82, 2.24) is 24.7 Å². The molecule has 2 aromatic heterocycles. The zero-order valence-electron chi connectivity index (χ0n) is 11.4. The molecule has 2 aromatic rings. The van der Waals surface area contributed by atoms with Crippen LogP contribution in [0.15, 0.2) is 17.3 Å². The van der Waals surface area contributed by atoms with E-state index in [1.807, 2.05) is 13.1 Å². The Morgan fingerprint density at radius 2 is 2.25 bits per heavy atom. The first-order valence-corrected chi connectivity index (χ1v) is 7.64. The Balaban J connectivity index is 2.06. The lowest BCUT2D eigenvalue weighted by Crippen LogP contribution is -2.28. The zero-order valence-corrected chi connectivity index (χ0v) is 12.2. The van der Waals surface area contributed by atoms with Crippen molar-refractivity contribution >= 4 is 10.0 Å². The number of aryl methyl sites for hydroxylation is 2. The van der Waals surface area contributed by atoms with Crippen LogP contribution in [0.2, 0.25) is 0 Å². The Bertz CT molecular complexity index is 688. The summed E-state index contributed by atoms with van der Waals surface area (Å²) in [5.41, 5.74) is 7.68. The minimum atomic E-state index is -3.65. The van der Waals surface area contributed by atoms with E-state index in [4.69, 9.17) is 5.73 Å². The first-order chi connectivity index (χ1) is 9.45. The molecule has 20 heavy (non-hydrogen) atoms. The summed E-state index contributed by atoms with van der Waals surface area (Å²) in [7, 11) is -1.84. The van der Waals surface area contributed by atoms with Gasteiger partial charge in [-0.3, -0.25) is 9.78 Å². The second-order valence-electron chi connectivity index (χ2n) is 4.43. The lowest BCUT2D eigenvalue weighted by Gasteiger charge is -2.06. The summed E-state index contributed by atoms with van der Waals surface area (Å²) in [5, 5.41) is 10.5. The van der Waals surface area contributed by atoms with Crippen molar-refractivity contribution in [1.29, 1.82) is 0 Å². The van der Waals surface area contributed by atoms with Crippen LogP contribution >= 0.6 is 0 Å². The summed E-state index contributed by atoms with van der Waals surface area (Å²) in [4.78, 5) is 0. The van der Waals surface area contributed by atoms with E-state index in [2.05, 4.69) is 20.0 Å². The molecule has 0 aliphatic heterocycles. The maximum atomic E-state index is 12.2. The second kappa shape index (κ2) is 5.73. The molecule has 0 radical (unpaired) electrons. The molecular weight excluding hydrogens is 280 g/mol. The molecule has 2 heterocycles. The average molecular weight is 298 g/mol. The molecule has 0 bridgehead atoms. The highest BCUT2D eigenvalue weighted by atomic mass is 32.2. The molecule has 4 N–H and O–H groups in total. The number of rotatable bonds is 6. The number of hydrogen-bond donors (Lipinski definition) is 3. The van der Waals surface area contributed by atoms with Gasteiger partial charge in [-0.25, -0.2) is 13.1 Å². The molecule has 0 saturated carbocycles. The summed E-state index contributed by atoms with van der Waals surface area (Å²) in [6, 6.07) is 1.85. The average Bonchev–Trinajstić information content (AvgIpc) is 2.96. The minimum absolute atomic E-state index is 0.0255. The second-order valence-corrected chi connectivity index (χ2v) is 6.11. The zero-order chi connectivity index (χ0) is 14.8. The summed E-state index contributed by atoms with van der Waals surface area (Å²) in [6.07, 6.45) is 2.23. The Labute approximate surface area is 117 Å². The molecule has 0 amide bonds. The first kappa shape index (κ1) is 14.7. The van der Waals surface area contributed by atoms with Gasteiger partial charge in [-0.15, -0.1) is 0 Å². The quantitative estimate of drug-likeness (QED) is 0.660. The maximum absolute atomic E-state index is 12.2. The fourth-order valence-electron chi connectivity index (χ4n) is 1.92. The topological polar surface area (TPSA) is 119 Å². The van der Waals surface area contributed by atoms with Crippen LogP contribution in [-0.2, 0) is 30.0 Å². The number of aromatic nitrogens is 4. The Kier molecular flexibility index (Phi) is 4.21. The number of nitrogens with zero attached hydrogens (tertiary/aromatic N) is 3. The SMILES string of the molecule is Cc1[nH]nc(S(=O)(=O)NCCc2ccnn2C)c1CN. The van der Waals surface area contributed by atoms with Gasteiger partial charge < -0.3 is 5.73 Å². The third kappa shape index (κ3) is 2.89. The predicted molar refractivity (Wildman–Crippen MR) is 73.3 cm³/mol. The van der Waals surface area contributed by atoms with E-state index >= 15 is 0 Å². The molecule has 9 heteroatoms. The number of hydrogen-bond acceptors (Lipinski definition) is 5. The highest BCUT2D eigenvalue weighted by molar-refractivity contribution is 7.89. The fraction of sp³-hybridized carbons (Fsp3) is 0.455. The van der Waals surface area contributed by atoms with E-state index in [0.717, 1.165) is 5.69 Å². The van der Waals surface area contributed by atoms with Gasteiger partial charge in [-0.2, -0.15) is 10.2 Å². The largest absolute Gasteiger partial charge is 0.326 e. The van der Waals surface area contributed by atoms with Gasteiger partial charge in [-0.05, 0) is 13.0 Å². The molecule has 110 valence electrons.